The molecule has 0 fully saturated rings. The molecule has 0 bridgehead atoms. The summed E-state index contributed by atoms with van der Waals surface area (Å²) in [5, 5.41) is 0. The molecule has 0 N–H and O–H groups in total. The van der Waals surface area contributed by atoms with Crippen molar-refractivity contribution in [3.63, 3.8) is 0 Å². The first-order valence-corrected chi connectivity index (χ1v) is 9.11. The van der Waals surface area contributed by atoms with Crippen molar-refractivity contribution in [2.24, 2.45) is 0 Å². The van der Waals surface area contributed by atoms with Gasteiger partial charge >= 0.3 is 5.97 Å². The van der Waals surface area contributed by atoms with Crippen molar-refractivity contribution >= 4 is 5.97 Å². The van der Waals surface area contributed by atoms with E-state index in [0.717, 1.165) is 29.8 Å². The van der Waals surface area contributed by atoms with Gasteiger partial charge in [-0.15, -0.1) is 0 Å². The lowest BCUT2D eigenvalue weighted by atomic mass is 10.1. The molecule has 0 aliphatic carbocycles. The van der Waals surface area contributed by atoms with E-state index in [1.54, 1.807) is 6.07 Å². The molecule has 2 aromatic rings. The fraction of sp³-hybridized carbons (Fsp3) is 0.409. The Hall–Kier alpha value is -2.33. The van der Waals surface area contributed by atoms with Crippen LogP contribution < -0.4 is 9.47 Å². The van der Waals surface area contributed by atoms with Gasteiger partial charge in [-0.1, -0.05) is 44.2 Å². The molecule has 2 aromatic carbocycles. The summed E-state index contributed by atoms with van der Waals surface area (Å²) in [5.74, 6) is 1.02. The number of carbonyl (C=O) groups excluding carboxylic acids is 1. The highest BCUT2D eigenvalue weighted by Gasteiger charge is 2.15. The van der Waals surface area contributed by atoms with Crippen molar-refractivity contribution in [1.82, 2.24) is 4.90 Å². The largest absolute Gasteiger partial charge is 0.485 e. The number of esters is 1. The molecule has 4 nitrogen and oxygen atoms in total. The fourth-order valence-electron chi connectivity index (χ4n) is 2.47. The Balaban J connectivity index is 0.00000163. The molecule has 4 heteroatoms. The minimum atomic E-state index is -0.323. The number of ether oxygens (including phenoxy) is 2. The molecular formula is C22H31NO3. The van der Waals surface area contributed by atoms with Crippen LogP contribution in [0.2, 0.25) is 0 Å². The Morgan fingerprint density at radius 2 is 1.73 bits per heavy atom. The predicted molar refractivity (Wildman–Crippen MR) is 107 cm³/mol. The molecular weight excluding hydrogens is 326 g/mol. The van der Waals surface area contributed by atoms with Crippen molar-refractivity contribution in [3.8, 4) is 11.5 Å². The van der Waals surface area contributed by atoms with Crippen molar-refractivity contribution in [3.05, 3.63) is 59.7 Å². The van der Waals surface area contributed by atoms with Gasteiger partial charge < -0.3 is 14.4 Å². The van der Waals surface area contributed by atoms with Crippen LogP contribution in [0.5, 0.6) is 11.5 Å². The molecule has 0 saturated heterocycles. The summed E-state index contributed by atoms with van der Waals surface area (Å²) in [6.07, 6.45) is 0.870. The van der Waals surface area contributed by atoms with Crippen molar-refractivity contribution < 1.29 is 14.3 Å². The van der Waals surface area contributed by atoms with Crippen LogP contribution >= 0.6 is 0 Å². The lowest BCUT2D eigenvalue weighted by molar-refractivity contribution is -0.131. The third kappa shape index (κ3) is 7.28. The maximum absolute atomic E-state index is 11.1. The van der Waals surface area contributed by atoms with Crippen LogP contribution in [-0.4, -0.2) is 31.5 Å². The minimum Gasteiger partial charge on any atom is -0.485 e. The molecule has 0 saturated carbocycles. The Bertz CT molecular complexity index is 668. The second-order valence-corrected chi connectivity index (χ2v) is 6.13. The summed E-state index contributed by atoms with van der Waals surface area (Å²) in [6, 6.07) is 15.7. The zero-order valence-electron chi connectivity index (χ0n) is 16.8. The van der Waals surface area contributed by atoms with Gasteiger partial charge in [-0.3, -0.25) is 4.79 Å². The third-order valence-electron chi connectivity index (χ3n) is 3.69. The van der Waals surface area contributed by atoms with E-state index >= 15 is 0 Å². The second-order valence-electron chi connectivity index (χ2n) is 6.13. The van der Waals surface area contributed by atoms with E-state index in [2.05, 4.69) is 31.1 Å². The number of hydrogen-bond acceptors (Lipinski definition) is 4. The standard InChI is InChI=1S/C20H25NO3.C2H6/c1-15-14-18(23-16(2)22)10-11-19(15)24-20(12-13-21(3)4)17-8-6-5-7-9-17;1-2/h5-11,14,20H,12-13H2,1-4H3;1-2H3/t20-;/m1./s1. The maximum Gasteiger partial charge on any atom is 0.308 e. The normalized spacial score (nSPS) is 11.3. The zero-order chi connectivity index (χ0) is 19.5. The highest BCUT2D eigenvalue weighted by atomic mass is 16.5. The lowest BCUT2D eigenvalue weighted by Gasteiger charge is -2.22. The number of hydrogen-bond donors (Lipinski definition) is 0. The lowest BCUT2D eigenvalue weighted by Crippen LogP contribution is -2.19. The quantitative estimate of drug-likeness (QED) is 0.515. The fourth-order valence-corrected chi connectivity index (χ4v) is 2.47. The van der Waals surface area contributed by atoms with Gasteiger partial charge in [0.25, 0.3) is 0 Å². The van der Waals surface area contributed by atoms with E-state index in [4.69, 9.17) is 9.47 Å². The molecule has 142 valence electrons. The summed E-state index contributed by atoms with van der Waals surface area (Å²) in [4.78, 5) is 13.2. The number of rotatable bonds is 7. The minimum absolute atomic E-state index is 0.0214. The maximum atomic E-state index is 11.1. The molecule has 0 amide bonds. The monoisotopic (exact) mass is 357 g/mol. The summed E-state index contributed by atoms with van der Waals surface area (Å²) in [5.41, 5.74) is 2.10. The summed E-state index contributed by atoms with van der Waals surface area (Å²) in [7, 11) is 4.11. The number of aryl methyl sites for hydroxylation is 1. The zero-order valence-corrected chi connectivity index (χ0v) is 16.8. The molecule has 0 heterocycles. The van der Waals surface area contributed by atoms with Gasteiger partial charge in [0.2, 0.25) is 0 Å². The smallest absolute Gasteiger partial charge is 0.308 e. The Morgan fingerprint density at radius 1 is 1.08 bits per heavy atom. The molecule has 0 aromatic heterocycles. The average molecular weight is 357 g/mol. The average Bonchev–Trinajstić information content (AvgIpc) is 2.62. The molecule has 0 aliphatic heterocycles. The SMILES string of the molecule is CC.CC(=O)Oc1ccc(O[C@H](CCN(C)C)c2ccccc2)c(C)c1. The van der Waals surface area contributed by atoms with Gasteiger partial charge in [-0.05, 0) is 50.3 Å². The van der Waals surface area contributed by atoms with Crippen LogP contribution in [0.15, 0.2) is 48.5 Å². The highest BCUT2D eigenvalue weighted by Crippen LogP contribution is 2.30. The van der Waals surface area contributed by atoms with Gasteiger partial charge in [0.1, 0.15) is 17.6 Å². The first-order chi connectivity index (χ1) is 12.5. The van der Waals surface area contributed by atoms with Crippen molar-refractivity contribution in [2.75, 3.05) is 20.6 Å². The Kier molecular flexibility index (Phi) is 9.45. The van der Waals surface area contributed by atoms with E-state index in [0.29, 0.717) is 5.75 Å². The Labute approximate surface area is 157 Å². The molecule has 26 heavy (non-hydrogen) atoms. The van der Waals surface area contributed by atoms with Gasteiger partial charge in [0.05, 0.1) is 0 Å². The third-order valence-corrected chi connectivity index (χ3v) is 3.69. The number of benzene rings is 2. The van der Waals surface area contributed by atoms with Crippen LogP contribution in [0.25, 0.3) is 0 Å². The van der Waals surface area contributed by atoms with Gasteiger partial charge in [-0.2, -0.15) is 0 Å². The summed E-state index contributed by atoms with van der Waals surface area (Å²) in [6.45, 7) is 8.28. The van der Waals surface area contributed by atoms with E-state index in [-0.39, 0.29) is 12.1 Å². The van der Waals surface area contributed by atoms with Crippen LogP contribution in [0.1, 0.15) is 44.4 Å². The van der Waals surface area contributed by atoms with E-state index in [1.807, 2.05) is 51.1 Å². The molecule has 1 atom stereocenters. The summed E-state index contributed by atoms with van der Waals surface area (Å²) < 4.78 is 11.4. The van der Waals surface area contributed by atoms with Crippen molar-refractivity contribution in [1.29, 1.82) is 0 Å². The molecule has 0 unspecified atom stereocenters. The molecule has 0 aliphatic rings. The van der Waals surface area contributed by atoms with Crippen molar-refractivity contribution in [2.45, 2.75) is 40.2 Å². The van der Waals surface area contributed by atoms with Crippen LogP contribution in [0.3, 0.4) is 0 Å². The van der Waals surface area contributed by atoms with Gasteiger partial charge in [0.15, 0.2) is 0 Å². The number of carbonyl (C=O) groups is 1. The number of nitrogens with zero attached hydrogens (tertiary/aromatic N) is 1. The van der Waals surface area contributed by atoms with E-state index in [1.165, 1.54) is 6.92 Å². The Morgan fingerprint density at radius 3 is 2.27 bits per heavy atom. The molecule has 2 rings (SSSR count). The van der Waals surface area contributed by atoms with Crippen LogP contribution in [0.4, 0.5) is 0 Å². The van der Waals surface area contributed by atoms with Gasteiger partial charge in [-0.25, -0.2) is 0 Å². The molecule has 0 radical (unpaired) electrons. The topological polar surface area (TPSA) is 38.8 Å². The molecule has 0 spiro atoms. The van der Waals surface area contributed by atoms with E-state index in [9.17, 15) is 4.79 Å². The first-order valence-electron chi connectivity index (χ1n) is 9.11. The summed E-state index contributed by atoms with van der Waals surface area (Å²) >= 11 is 0. The van der Waals surface area contributed by atoms with Crippen LogP contribution in [0, 0.1) is 6.92 Å². The van der Waals surface area contributed by atoms with E-state index < -0.39 is 0 Å². The first kappa shape index (κ1) is 21.7. The second kappa shape index (κ2) is 11.3. The predicted octanol–water partition coefficient (Wildman–Crippen LogP) is 5.02. The highest BCUT2D eigenvalue weighted by molar-refractivity contribution is 5.69. The van der Waals surface area contributed by atoms with Crippen LogP contribution in [-0.2, 0) is 4.79 Å². The van der Waals surface area contributed by atoms with Gasteiger partial charge in [0, 0.05) is 19.9 Å².